The van der Waals surface area contributed by atoms with Crippen LogP contribution in [0.3, 0.4) is 0 Å². The Morgan fingerprint density at radius 3 is 2.79 bits per heavy atom. The molecule has 3 nitrogen and oxygen atoms in total. The van der Waals surface area contributed by atoms with Crippen LogP contribution in [0.15, 0.2) is 0 Å². The Bertz CT molecular complexity index is 186. The van der Waals surface area contributed by atoms with Gasteiger partial charge in [0.05, 0.1) is 5.41 Å². The third-order valence-corrected chi connectivity index (χ3v) is 3.18. The number of carboxylic acids is 1. The molecule has 1 saturated heterocycles. The van der Waals surface area contributed by atoms with Crippen molar-refractivity contribution in [3.05, 3.63) is 0 Å². The van der Waals surface area contributed by atoms with Crippen molar-refractivity contribution in [2.24, 2.45) is 5.41 Å². The summed E-state index contributed by atoms with van der Waals surface area (Å²) in [4.78, 5) is 11.2. The first-order valence-corrected chi connectivity index (χ1v) is 5.65. The number of aliphatic carboxylic acids is 1. The number of nitrogens with one attached hydrogen (secondary N) is 1. The molecule has 0 aromatic heterocycles. The SMILES string of the molecule is CCCCCC1(C(=O)O)CCCNC1. The normalized spacial score (nSPS) is 27.5. The van der Waals surface area contributed by atoms with Gasteiger partial charge >= 0.3 is 5.97 Å². The van der Waals surface area contributed by atoms with Gasteiger partial charge in [0, 0.05) is 6.54 Å². The fraction of sp³-hybridized carbons (Fsp3) is 0.909. The molecule has 1 aliphatic heterocycles. The summed E-state index contributed by atoms with van der Waals surface area (Å²) in [7, 11) is 0. The van der Waals surface area contributed by atoms with Crippen molar-refractivity contribution < 1.29 is 9.90 Å². The first-order valence-electron chi connectivity index (χ1n) is 5.65. The Hall–Kier alpha value is -0.570. The van der Waals surface area contributed by atoms with E-state index in [1.807, 2.05) is 0 Å². The Kier molecular flexibility index (Phi) is 4.39. The van der Waals surface area contributed by atoms with E-state index in [2.05, 4.69) is 12.2 Å². The zero-order valence-corrected chi connectivity index (χ0v) is 9.01. The van der Waals surface area contributed by atoms with Gasteiger partial charge in [0.15, 0.2) is 0 Å². The van der Waals surface area contributed by atoms with E-state index in [1.54, 1.807) is 0 Å². The van der Waals surface area contributed by atoms with Gasteiger partial charge in [-0.05, 0) is 25.8 Å². The largest absolute Gasteiger partial charge is 0.481 e. The second-order valence-corrected chi connectivity index (χ2v) is 4.32. The quantitative estimate of drug-likeness (QED) is 0.666. The van der Waals surface area contributed by atoms with Gasteiger partial charge in [0.25, 0.3) is 0 Å². The molecule has 0 aromatic rings. The molecule has 0 aromatic carbocycles. The summed E-state index contributed by atoms with van der Waals surface area (Å²) in [6.07, 6.45) is 6.03. The van der Waals surface area contributed by atoms with Gasteiger partial charge in [0.2, 0.25) is 0 Å². The maximum Gasteiger partial charge on any atom is 0.310 e. The first-order chi connectivity index (χ1) is 6.71. The van der Waals surface area contributed by atoms with Gasteiger partial charge in [-0.3, -0.25) is 4.79 Å². The van der Waals surface area contributed by atoms with Crippen molar-refractivity contribution in [2.75, 3.05) is 13.1 Å². The van der Waals surface area contributed by atoms with E-state index in [0.29, 0.717) is 6.54 Å². The highest BCUT2D eigenvalue weighted by Crippen LogP contribution is 2.32. The smallest absolute Gasteiger partial charge is 0.310 e. The monoisotopic (exact) mass is 199 g/mol. The fourth-order valence-electron chi connectivity index (χ4n) is 2.18. The summed E-state index contributed by atoms with van der Waals surface area (Å²) in [5.74, 6) is -0.610. The number of piperidine rings is 1. The lowest BCUT2D eigenvalue weighted by Crippen LogP contribution is -2.45. The second kappa shape index (κ2) is 5.35. The molecule has 82 valence electrons. The van der Waals surface area contributed by atoms with Crippen LogP contribution in [-0.4, -0.2) is 24.2 Å². The standard InChI is InChI=1S/C11H21NO2/c1-2-3-4-6-11(10(13)14)7-5-8-12-9-11/h12H,2-9H2,1H3,(H,13,14). The van der Waals surface area contributed by atoms with Crippen LogP contribution in [0.2, 0.25) is 0 Å². The molecule has 1 unspecified atom stereocenters. The van der Waals surface area contributed by atoms with E-state index in [0.717, 1.165) is 45.1 Å². The second-order valence-electron chi connectivity index (χ2n) is 4.32. The first kappa shape index (κ1) is 11.5. The molecular weight excluding hydrogens is 178 g/mol. The summed E-state index contributed by atoms with van der Waals surface area (Å²) >= 11 is 0. The van der Waals surface area contributed by atoms with Crippen molar-refractivity contribution in [3.8, 4) is 0 Å². The summed E-state index contributed by atoms with van der Waals surface area (Å²) in [5, 5.41) is 12.5. The molecule has 3 heteroatoms. The van der Waals surface area contributed by atoms with Gasteiger partial charge in [-0.2, -0.15) is 0 Å². The highest BCUT2D eigenvalue weighted by molar-refractivity contribution is 5.75. The van der Waals surface area contributed by atoms with Crippen LogP contribution >= 0.6 is 0 Å². The van der Waals surface area contributed by atoms with E-state index < -0.39 is 11.4 Å². The molecule has 14 heavy (non-hydrogen) atoms. The van der Waals surface area contributed by atoms with Crippen LogP contribution in [0.1, 0.15) is 45.4 Å². The number of unbranched alkanes of at least 4 members (excludes halogenated alkanes) is 2. The number of hydrogen-bond donors (Lipinski definition) is 2. The molecule has 2 N–H and O–H groups in total. The maximum absolute atomic E-state index is 11.2. The Balaban J connectivity index is 2.47. The Labute approximate surface area is 85.9 Å². The minimum absolute atomic E-state index is 0.465. The average Bonchev–Trinajstić information content (AvgIpc) is 2.19. The number of carboxylic acid groups (broad SMARTS) is 1. The molecule has 1 aliphatic rings. The van der Waals surface area contributed by atoms with Gasteiger partial charge in [-0.1, -0.05) is 26.2 Å². The third kappa shape index (κ3) is 2.71. The Morgan fingerprint density at radius 1 is 1.50 bits per heavy atom. The molecule has 1 heterocycles. The van der Waals surface area contributed by atoms with Crippen molar-refractivity contribution in [3.63, 3.8) is 0 Å². The molecule has 0 amide bonds. The van der Waals surface area contributed by atoms with Crippen molar-refractivity contribution in [2.45, 2.75) is 45.4 Å². The molecule has 0 bridgehead atoms. The predicted octanol–water partition coefficient (Wildman–Crippen LogP) is 2.02. The fourth-order valence-corrected chi connectivity index (χ4v) is 2.18. The average molecular weight is 199 g/mol. The van der Waals surface area contributed by atoms with Crippen LogP contribution < -0.4 is 5.32 Å². The van der Waals surface area contributed by atoms with Crippen molar-refractivity contribution in [1.29, 1.82) is 0 Å². The predicted molar refractivity (Wildman–Crippen MR) is 56.3 cm³/mol. The van der Waals surface area contributed by atoms with E-state index >= 15 is 0 Å². The van der Waals surface area contributed by atoms with Crippen molar-refractivity contribution >= 4 is 5.97 Å². The zero-order chi connectivity index (χ0) is 10.4. The molecule has 1 fully saturated rings. The van der Waals surface area contributed by atoms with E-state index in [-0.39, 0.29) is 0 Å². The molecule has 0 spiro atoms. The van der Waals surface area contributed by atoms with Crippen molar-refractivity contribution in [1.82, 2.24) is 5.32 Å². The third-order valence-electron chi connectivity index (χ3n) is 3.18. The van der Waals surface area contributed by atoms with Gasteiger partial charge in [-0.25, -0.2) is 0 Å². The summed E-state index contributed by atoms with van der Waals surface area (Å²) in [6.45, 7) is 3.78. The number of carbonyl (C=O) groups is 1. The lowest BCUT2D eigenvalue weighted by atomic mass is 9.76. The zero-order valence-electron chi connectivity index (χ0n) is 9.01. The van der Waals surface area contributed by atoms with Gasteiger partial charge < -0.3 is 10.4 Å². The highest BCUT2D eigenvalue weighted by Gasteiger charge is 2.38. The lowest BCUT2D eigenvalue weighted by molar-refractivity contribution is -0.150. The van der Waals surface area contributed by atoms with E-state index in [9.17, 15) is 9.90 Å². The molecule has 0 saturated carbocycles. The summed E-state index contributed by atoms with van der Waals surface area (Å²) < 4.78 is 0. The molecular formula is C11H21NO2. The summed E-state index contributed by atoms with van der Waals surface area (Å²) in [5.41, 5.74) is -0.465. The van der Waals surface area contributed by atoms with Gasteiger partial charge in [-0.15, -0.1) is 0 Å². The molecule has 1 rings (SSSR count). The minimum Gasteiger partial charge on any atom is -0.481 e. The number of rotatable bonds is 5. The molecule has 1 atom stereocenters. The van der Waals surface area contributed by atoms with Crippen LogP contribution in [0, 0.1) is 5.41 Å². The summed E-state index contributed by atoms with van der Waals surface area (Å²) in [6, 6.07) is 0. The Morgan fingerprint density at radius 2 is 2.29 bits per heavy atom. The van der Waals surface area contributed by atoms with Crippen LogP contribution in [0.5, 0.6) is 0 Å². The van der Waals surface area contributed by atoms with Crippen LogP contribution in [-0.2, 0) is 4.79 Å². The lowest BCUT2D eigenvalue weighted by Gasteiger charge is -2.33. The number of hydrogen-bond acceptors (Lipinski definition) is 2. The minimum atomic E-state index is -0.610. The van der Waals surface area contributed by atoms with Crippen LogP contribution in [0.4, 0.5) is 0 Å². The van der Waals surface area contributed by atoms with E-state index in [1.165, 1.54) is 0 Å². The topological polar surface area (TPSA) is 49.3 Å². The highest BCUT2D eigenvalue weighted by atomic mass is 16.4. The van der Waals surface area contributed by atoms with Crippen LogP contribution in [0.25, 0.3) is 0 Å². The maximum atomic E-state index is 11.2. The van der Waals surface area contributed by atoms with E-state index in [4.69, 9.17) is 0 Å². The molecule has 0 radical (unpaired) electrons. The molecule has 0 aliphatic carbocycles. The van der Waals surface area contributed by atoms with Gasteiger partial charge in [0.1, 0.15) is 0 Å².